The van der Waals surface area contributed by atoms with Crippen molar-refractivity contribution in [2.75, 3.05) is 12.4 Å². The molecule has 2 rings (SSSR count). The number of thiol groups is 1. The van der Waals surface area contributed by atoms with Crippen molar-refractivity contribution in [2.45, 2.75) is 31.2 Å². The molecule has 0 spiro atoms. The van der Waals surface area contributed by atoms with E-state index in [2.05, 4.69) is 33.0 Å². The van der Waals surface area contributed by atoms with Crippen LogP contribution in [-0.4, -0.2) is 26.0 Å². The van der Waals surface area contributed by atoms with Gasteiger partial charge in [-0.15, -0.1) is 24.0 Å². The van der Waals surface area contributed by atoms with Crippen LogP contribution in [-0.2, 0) is 10.0 Å². The van der Waals surface area contributed by atoms with E-state index in [1.165, 1.54) is 11.3 Å². The molecule has 0 fully saturated rings. The lowest BCUT2D eigenvalue weighted by atomic mass is 10.1. The van der Waals surface area contributed by atoms with Crippen molar-refractivity contribution in [3.8, 4) is 0 Å². The fourth-order valence-electron chi connectivity index (χ4n) is 2.12. The summed E-state index contributed by atoms with van der Waals surface area (Å²) in [6.45, 7) is 5.40. The number of aromatic nitrogens is 1. The normalized spacial score (nSPS) is 12.9. The van der Waals surface area contributed by atoms with Crippen molar-refractivity contribution in [1.29, 1.82) is 0 Å². The Kier molecular flexibility index (Phi) is 6.15. The third-order valence-electron chi connectivity index (χ3n) is 2.95. The molecule has 136 valence electrons. The van der Waals surface area contributed by atoms with Gasteiger partial charge in [-0.2, -0.15) is 0 Å². The zero-order valence-electron chi connectivity index (χ0n) is 14.5. The summed E-state index contributed by atoms with van der Waals surface area (Å²) in [7, 11) is -2.01. The maximum absolute atomic E-state index is 12.9. The summed E-state index contributed by atoms with van der Waals surface area (Å²) in [5.41, 5.74) is 0.552. The molecule has 0 amide bonds. The van der Waals surface area contributed by atoms with E-state index < -0.39 is 15.6 Å². The number of thiazole rings is 1. The summed E-state index contributed by atoms with van der Waals surface area (Å²) in [6.07, 6.45) is 3.32. The number of benzene rings is 1. The molecule has 0 aliphatic carbocycles. The number of hydrogen-bond donors (Lipinski definition) is 4. The first-order valence-electron chi connectivity index (χ1n) is 7.54. The van der Waals surface area contributed by atoms with Gasteiger partial charge in [-0.3, -0.25) is 0 Å². The molecule has 0 radical (unpaired) electrons. The Balaban J connectivity index is 2.53. The molecule has 0 atom stereocenters. The topological polar surface area (TPSA) is 83.1 Å². The monoisotopic (exact) mass is 398 g/mol. The van der Waals surface area contributed by atoms with Gasteiger partial charge in [0.1, 0.15) is 0 Å². The summed E-state index contributed by atoms with van der Waals surface area (Å²) in [5.74, 6) is 0. The highest BCUT2D eigenvalue weighted by molar-refractivity contribution is 7.91. The molecule has 3 N–H and O–H groups in total. The quantitative estimate of drug-likeness (QED) is 0.561. The maximum atomic E-state index is 12.9. The molecule has 0 saturated heterocycles. The van der Waals surface area contributed by atoms with Gasteiger partial charge in [-0.25, -0.2) is 18.1 Å². The smallest absolute Gasteiger partial charge is 0.241 e. The van der Waals surface area contributed by atoms with Crippen molar-refractivity contribution in [3.05, 3.63) is 41.5 Å². The number of sulfonamides is 1. The second-order valence-electron chi connectivity index (χ2n) is 6.35. The predicted octanol–water partition coefficient (Wildman–Crippen LogP) is 3.41. The minimum atomic E-state index is -3.74. The number of anilines is 2. The highest BCUT2D eigenvalue weighted by Crippen LogP contribution is 2.30. The Labute approximate surface area is 158 Å². The zero-order chi connectivity index (χ0) is 18.7. The summed E-state index contributed by atoms with van der Waals surface area (Å²) in [5, 5.41) is 8.51. The average Bonchev–Trinajstić information content (AvgIpc) is 2.98. The summed E-state index contributed by atoms with van der Waals surface area (Å²) in [6, 6.07) is 5.11. The molecule has 9 heteroatoms. The van der Waals surface area contributed by atoms with Crippen molar-refractivity contribution in [3.63, 3.8) is 0 Å². The van der Waals surface area contributed by atoms with Crippen molar-refractivity contribution in [1.82, 2.24) is 15.0 Å². The van der Waals surface area contributed by atoms with Gasteiger partial charge in [0.2, 0.25) is 10.0 Å². The summed E-state index contributed by atoms with van der Waals surface area (Å²) < 4.78 is 28.5. The lowest BCUT2D eigenvalue weighted by Gasteiger charge is -2.22. The van der Waals surface area contributed by atoms with Gasteiger partial charge in [-0.1, -0.05) is 6.07 Å². The van der Waals surface area contributed by atoms with E-state index in [1.807, 2.05) is 5.38 Å². The highest BCUT2D eigenvalue weighted by Gasteiger charge is 2.25. The summed E-state index contributed by atoms with van der Waals surface area (Å²) >= 11 is 5.85. The molecule has 2 aromatic rings. The number of rotatable bonds is 6. The zero-order valence-corrected chi connectivity index (χ0v) is 17.0. The first kappa shape index (κ1) is 19.8. The highest BCUT2D eigenvalue weighted by atomic mass is 32.2. The van der Waals surface area contributed by atoms with Crippen LogP contribution in [0.5, 0.6) is 0 Å². The number of nitrogens with one attached hydrogen (secondary N) is 3. The minimum absolute atomic E-state index is 0.153. The molecule has 0 unspecified atom stereocenters. The molecule has 25 heavy (non-hydrogen) atoms. The minimum Gasteiger partial charge on any atom is -0.393 e. The van der Waals surface area contributed by atoms with E-state index >= 15 is 0 Å². The molecule has 0 saturated carbocycles. The van der Waals surface area contributed by atoms with Crippen LogP contribution >= 0.6 is 24.0 Å². The van der Waals surface area contributed by atoms with E-state index in [1.54, 1.807) is 58.4 Å². The largest absolute Gasteiger partial charge is 0.393 e. The Morgan fingerprint density at radius 2 is 2.04 bits per heavy atom. The Hall–Kier alpha value is -1.55. The molecular weight excluding hydrogens is 376 g/mol. The van der Waals surface area contributed by atoms with E-state index in [0.29, 0.717) is 21.3 Å². The first-order chi connectivity index (χ1) is 11.6. The maximum Gasteiger partial charge on any atom is 0.241 e. The van der Waals surface area contributed by atoms with Gasteiger partial charge in [0.15, 0.2) is 5.13 Å². The van der Waals surface area contributed by atoms with Crippen LogP contribution in [0.25, 0.3) is 4.91 Å². The SMILES string of the molecule is CN/C=C(\S)c1ccc(Nc2nccs2)cc1S(=O)(=O)NC(C)(C)C. The molecule has 1 heterocycles. The second kappa shape index (κ2) is 7.77. The fourth-order valence-corrected chi connectivity index (χ4v) is 4.73. The van der Waals surface area contributed by atoms with E-state index in [0.717, 1.165) is 0 Å². The van der Waals surface area contributed by atoms with Gasteiger partial charge in [0.05, 0.1) is 4.90 Å². The van der Waals surface area contributed by atoms with Gasteiger partial charge >= 0.3 is 0 Å². The van der Waals surface area contributed by atoms with Crippen LogP contribution in [0.4, 0.5) is 10.8 Å². The van der Waals surface area contributed by atoms with Crippen LogP contribution in [0.3, 0.4) is 0 Å². The molecular formula is C16H22N4O2S3. The van der Waals surface area contributed by atoms with E-state index in [9.17, 15) is 8.42 Å². The fraction of sp³-hybridized carbons (Fsp3) is 0.312. The lowest BCUT2D eigenvalue weighted by molar-refractivity contribution is 0.491. The van der Waals surface area contributed by atoms with Crippen LogP contribution in [0.2, 0.25) is 0 Å². The van der Waals surface area contributed by atoms with Crippen LogP contribution in [0.1, 0.15) is 26.3 Å². The molecule has 0 bridgehead atoms. The predicted molar refractivity (Wildman–Crippen MR) is 108 cm³/mol. The van der Waals surface area contributed by atoms with Crippen LogP contribution in [0, 0.1) is 0 Å². The van der Waals surface area contributed by atoms with Gasteiger partial charge in [0.25, 0.3) is 0 Å². The third kappa shape index (κ3) is 5.46. The molecule has 0 aliphatic heterocycles. The molecule has 0 aliphatic rings. The first-order valence-corrected chi connectivity index (χ1v) is 10.3. The van der Waals surface area contributed by atoms with E-state index in [-0.39, 0.29) is 4.90 Å². The lowest BCUT2D eigenvalue weighted by Crippen LogP contribution is -2.40. The Morgan fingerprint density at radius 3 is 2.60 bits per heavy atom. The number of hydrogen-bond acceptors (Lipinski definition) is 7. The molecule has 6 nitrogen and oxygen atoms in total. The Bertz CT molecular complexity index is 854. The van der Waals surface area contributed by atoms with Gasteiger partial charge in [-0.05, 0) is 32.9 Å². The van der Waals surface area contributed by atoms with E-state index in [4.69, 9.17) is 0 Å². The van der Waals surface area contributed by atoms with Crippen molar-refractivity contribution < 1.29 is 8.42 Å². The second-order valence-corrected chi connectivity index (χ2v) is 9.37. The van der Waals surface area contributed by atoms with Gasteiger partial charge < -0.3 is 10.6 Å². The van der Waals surface area contributed by atoms with Crippen LogP contribution in [0.15, 0.2) is 40.9 Å². The van der Waals surface area contributed by atoms with Crippen molar-refractivity contribution >= 4 is 49.7 Å². The van der Waals surface area contributed by atoms with Crippen molar-refractivity contribution in [2.24, 2.45) is 0 Å². The molecule has 1 aromatic carbocycles. The Morgan fingerprint density at radius 1 is 1.32 bits per heavy atom. The van der Waals surface area contributed by atoms with Crippen LogP contribution < -0.4 is 15.4 Å². The standard InChI is InChI=1S/C16H22N4O2S3/c1-16(2,3)20-25(21,22)14-9-11(19-15-18-7-8-24-15)5-6-12(14)13(23)10-17-4/h5-10,17,20,23H,1-4H3,(H,18,19)/b13-10-. The van der Waals surface area contributed by atoms with Gasteiger partial charge in [0, 0.05) is 46.5 Å². The summed E-state index contributed by atoms with van der Waals surface area (Å²) in [4.78, 5) is 4.83. The average molecular weight is 399 g/mol. The third-order valence-corrected chi connectivity index (χ3v) is 5.81. The number of nitrogens with zero attached hydrogens (tertiary/aromatic N) is 1. The molecule has 1 aromatic heterocycles.